The summed E-state index contributed by atoms with van der Waals surface area (Å²) in [5, 5.41) is 1.55. The third kappa shape index (κ3) is 2.00. The van der Waals surface area contributed by atoms with E-state index >= 15 is 0 Å². The predicted molar refractivity (Wildman–Crippen MR) is 94.3 cm³/mol. The smallest absolute Gasteiger partial charge is 0.0136 e. The SMILES string of the molecule is C[Si](C)=C1C=CC=C1c1ccc2c(c1)Cc1ccccc1-2. The molecule has 4 rings (SSSR count). The van der Waals surface area contributed by atoms with Crippen LogP contribution in [-0.4, -0.2) is 13.6 Å². The minimum Gasteiger partial charge on any atom is -0.0619 e. The molecule has 0 N–H and O–H groups in total. The Bertz CT molecular complexity index is 831. The van der Waals surface area contributed by atoms with Gasteiger partial charge in [-0.3, -0.25) is 0 Å². The third-order valence-corrected chi connectivity index (χ3v) is 5.97. The molecule has 0 radical (unpaired) electrons. The first-order chi connectivity index (χ1) is 10.2. The zero-order chi connectivity index (χ0) is 14.4. The fourth-order valence-electron chi connectivity index (χ4n) is 3.42. The number of hydrogen-bond donors (Lipinski definition) is 0. The van der Waals surface area contributed by atoms with E-state index in [-0.39, 0.29) is 0 Å². The number of fused-ring (bicyclic) bond motifs is 3. The van der Waals surface area contributed by atoms with Crippen molar-refractivity contribution in [1.82, 2.24) is 0 Å². The van der Waals surface area contributed by atoms with Gasteiger partial charge in [0.05, 0.1) is 0 Å². The molecule has 2 aromatic carbocycles. The van der Waals surface area contributed by atoms with E-state index in [2.05, 4.69) is 73.8 Å². The highest BCUT2D eigenvalue weighted by molar-refractivity contribution is 6.79. The summed E-state index contributed by atoms with van der Waals surface area (Å²) in [6.45, 7) is 4.74. The molecule has 102 valence electrons. The second kappa shape index (κ2) is 4.78. The van der Waals surface area contributed by atoms with Gasteiger partial charge in [-0.2, -0.15) is 0 Å². The van der Waals surface area contributed by atoms with Gasteiger partial charge in [-0.05, 0) is 45.0 Å². The Morgan fingerprint density at radius 2 is 1.71 bits per heavy atom. The van der Waals surface area contributed by atoms with E-state index in [1.54, 1.807) is 5.17 Å². The Morgan fingerprint density at radius 3 is 2.57 bits per heavy atom. The maximum Gasteiger partial charge on any atom is 0.0136 e. The van der Waals surface area contributed by atoms with Crippen LogP contribution in [0.5, 0.6) is 0 Å². The molecule has 2 aliphatic rings. The van der Waals surface area contributed by atoms with Gasteiger partial charge in [-0.1, -0.05) is 73.8 Å². The highest BCUT2D eigenvalue weighted by Crippen LogP contribution is 2.38. The average Bonchev–Trinajstić information content (AvgIpc) is 3.11. The highest BCUT2D eigenvalue weighted by atomic mass is 28.2. The van der Waals surface area contributed by atoms with Crippen molar-refractivity contribution in [2.75, 3.05) is 0 Å². The lowest BCUT2D eigenvalue weighted by atomic mass is 9.98. The van der Waals surface area contributed by atoms with E-state index in [1.165, 1.54) is 33.4 Å². The topological polar surface area (TPSA) is 0 Å². The van der Waals surface area contributed by atoms with Crippen molar-refractivity contribution in [3.05, 3.63) is 77.4 Å². The molecule has 0 amide bonds. The standard InChI is InChI=1S/C20H18Si/c1-21(2)20-9-5-8-19(20)15-10-11-18-16(13-15)12-14-6-3-4-7-17(14)18/h3-11,13H,12H2,1-2H3. The van der Waals surface area contributed by atoms with Gasteiger partial charge < -0.3 is 0 Å². The van der Waals surface area contributed by atoms with Crippen LogP contribution in [0.2, 0.25) is 13.1 Å². The molecular weight excluding hydrogens is 268 g/mol. The third-order valence-electron chi connectivity index (χ3n) is 4.46. The first kappa shape index (κ1) is 12.7. The molecule has 0 spiro atoms. The van der Waals surface area contributed by atoms with E-state index in [4.69, 9.17) is 0 Å². The van der Waals surface area contributed by atoms with Crippen molar-refractivity contribution in [3.8, 4) is 11.1 Å². The van der Waals surface area contributed by atoms with Gasteiger partial charge in [-0.15, -0.1) is 0 Å². The Morgan fingerprint density at radius 1 is 0.905 bits per heavy atom. The van der Waals surface area contributed by atoms with Crippen molar-refractivity contribution in [3.63, 3.8) is 0 Å². The van der Waals surface area contributed by atoms with Crippen LogP contribution in [0.3, 0.4) is 0 Å². The molecule has 1 heteroatoms. The first-order valence-electron chi connectivity index (χ1n) is 7.52. The van der Waals surface area contributed by atoms with Gasteiger partial charge in [0.1, 0.15) is 0 Å². The quantitative estimate of drug-likeness (QED) is 0.568. The van der Waals surface area contributed by atoms with E-state index in [9.17, 15) is 0 Å². The van der Waals surface area contributed by atoms with Crippen molar-refractivity contribution in [1.29, 1.82) is 0 Å². The van der Waals surface area contributed by atoms with Crippen LogP contribution < -0.4 is 0 Å². The van der Waals surface area contributed by atoms with Gasteiger partial charge >= 0.3 is 0 Å². The summed E-state index contributed by atoms with van der Waals surface area (Å²) < 4.78 is 0. The summed E-state index contributed by atoms with van der Waals surface area (Å²) >= 11 is 0. The Hall–Kier alpha value is -1.99. The molecule has 2 aliphatic carbocycles. The largest absolute Gasteiger partial charge is 0.0619 e. The van der Waals surface area contributed by atoms with Crippen LogP contribution in [0.1, 0.15) is 16.7 Å². The fraction of sp³-hybridized carbons (Fsp3) is 0.150. The summed E-state index contributed by atoms with van der Waals surface area (Å²) in [6.07, 6.45) is 7.85. The highest BCUT2D eigenvalue weighted by Gasteiger charge is 2.19. The Labute approximate surface area is 127 Å². The zero-order valence-electron chi connectivity index (χ0n) is 12.5. The molecule has 0 bridgehead atoms. The van der Waals surface area contributed by atoms with Crippen LogP contribution in [0, 0.1) is 0 Å². The Balaban J connectivity index is 1.80. The molecule has 0 saturated heterocycles. The molecule has 0 aliphatic heterocycles. The number of rotatable bonds is 1. The van der Waals surface area contributed by atoms with Crippen LogP contribution in [0.25, 0.3) is 16.7 Å². The van der Waals surface area contributed by atoms with Crippen molar-refractivity contribution in [2.24, 2.45) is 0 Å². The first-order valence-corrected chi connectivity index (χ1v) is 10.0. The summed E-state index contributed by atoms with van der Waals surface area (Å²) in [6, 6.07) is 15.8. The van der Waals surface area contributed by atoms with Gasteiger partial charge in [0.2, 0.25) is 0 Å². The van der Waals surface area contributed by atoms with E-state index in [0.717, 1.165) is 6.42 Å². The van der Waals surface area contributed by atoms with E-state index in [0.29, 0.717) is 0 Å². The van der Waals surface area contributed by atoms with Gasteiger partial charge in [-0.25, -0.2) is 0 Å². The van der Waals surface area contributed by atoms with Crippen molar-refractivity contribution >= 4 is 19.2 Å². The normalized spacial score (nSPS) is 15.0. The fourth-order valence-corrected chi connectivity index (χ4v) is 4.62. The van der Waals surface area contributed by atoms with Crippen LogP contribution in [-0.2, 0) is 6.42 Å². The number of benzene rings is 2. The zero-order valence-corrected chi connectivity index (χ0v) is 13.5. The molecular formula is C20H18Si. The van der Waals surface area contributed by atoms with Gasteiger partial charge in [0, 0.05) is 8.41 Å². The van der Waals surface area contributed by atoms with Crippen molar-refractivity contribution in [2.45, 2.75) is 19.5 Å². The monoisotopic (exact) mass is 286 g/mol. The molecule has 0 atom stereocenters. The van der Waals surface area contributed by atoms with Crippen molar-refractivity contribution < 1.29 is 0 Å². The second-order valence-corrected chi connectivity index (χ2v) is 8.60. The maximum atomic E-state index is 2.40. The predicted octanol–water partition coefficient (Wildman–Crippen LogP) is 4.72. The molecule has 0 fully saturated rings. The molecule has 0 unspecified atom stereocenters. The molecule has 2 aromatic rings. The summed E-state index contributed by atoms with van der Waals surface area (Å²) in [5.41, 5.74) is 8.59. The summed E-state index contributed by atoms with van der Waals surface area (Å²) in [5.74, 6) is 0. The van der Waals surface area contributed by atoms with Gasteiger partial charge in [0.25, 0.3) is 0 Å². The van der Waals surface area contributed by atoms with Crippen LogP contribution in [0.4, 0.5) is 0 Å². The summed E-state index contributed by atoms with van der Waals surface area (Å²) in [4.78, 5) is 0. The summed E-state index contributed by atoms with van der Waals surface area (Å²) in [7, 11) is -0.413. The van der Waals surface area contributed by atoms with Crippen LogP contribution >= 0.6 is 0 Å². The second-order valence-electron chi connectivity index (χ2n) is 6.06. The lowest BCUT2D eigenvalue weighted by molar-refractivity contribution is 1.26. The number of allylic oxidation sites excluding steroid dienone is 4. The van der Waals surface area contributed by atoms with E-state index < -0.39 is 8.41 Å². The van der Waals surface area contributed by atoms with Gasteiger partial charge in [0.15, 0.2) is 0 Å². The maximum absolute atomic E-state index is 2.40. The molecule has 0 saturated carbocycles. The lowest BCUT2D eigenvalue weighted by Gasteiger charge is -2.10. The van der Waals surface area contributed by atoms with Crippen LogP contribution in [0.15, 0.2) is 60.7 Å². The lowest BCUT2D eigenvalue weighted by Crippen LogP contribution is -2.07. The minimum absolute atomic E-state index is 0.413. The molecule has 0 aromatic heterocycles. The number of hydrogen-bond acceptors (Lipinski definition) is 0. The molecule has 0 nitrogen and oxygen atoms in total. The minimum atomic E-state index is -0.413. The average molecular weight is 286 g/mol. The van der Waals surface area contributed by atoms with E-state index in [1.807, 2.05) is 0 Å². The Kier molecular flexibility index (Phi) is 2.90. The molecule has 0 heterocycles. The molecule has 21 heavy (non-hydrogen) atoms.